The van der Waals surface area contributed by atoms with E-state index >= 15 is 0 Å². The number of hydrogen-bond donors (Lipinski definition) is 1. The Morgan fingerprint density at radius 2 is 1.78 bits per heavy atom. The molecule has 0 aromatic carbocycles. The summed E-state index contributed by atoms with van der Waals surface area (Å²) in [5, 5.41) is 10.6. The summed E-state index contributed by atoms with van der Waals surface area (Å²) in [7, 11) is 0. The zero-order valence-corrected chi connectivity index (χ0v) is 15.8. The topological polar surface area (TPSA) is 32.7 Å². The van der Waals surface area contributed by atoms with E-state index in [1.54, 1.807) is 0 Å². The second-order valence-electron chi connectivity index (χ2n) is 9.61. The van der Waals surface area contributed by atoms with Crippen LogP contribution in [0.15, 0.2) is 0 Å². The summed E-state index contributed by atoms with van der Waals surface area (Å²) >= 11 is 0. The van der Waals surface area contributed by atoms with Crippen molar-refractivity contribution in [1.82, 2.24) is 4.90 Å². The van der Waals surface area contributed by atoms with E-state index in [0.717, 1.165) is 12.5 Å². The molecule has 3 aliphatic rings. The molecule has 23 heavy (non-hydrogen) atoms. The molecular weight excluding hydrogens is 286 g/mol. The van der Waals surface area contributed by atoms with Crippen molar-refractivity contribution in [3.8, 4) is 0 Å². The van der Waals surface area contributed by atoms with Crippen molar-refractivity contribution in [3.05, 3.63) is 0 Å². The fourth-order valence-electron chi connectivity index (χ4n) is 6.01. The Balaban J connectivity index is 1.54. The number of hydrogen-bond acceptors (Lipinski definition) is 3. The first kappa shape index (κ1) is 17.7. The highest BCUT2D eigenvalue weighted by Gasteiger charge is 2.60. The van der Waals surface area contributed by atoms with Gasteiger partial charge in [-0.1, -0.05) is 27.2 Å². The standard InChI is InChI=1S/C20H37NO2/c1-14-7-6-8-15(2)21(14)12-17(22)13-23-18-19(3,4)16-9-10-20(18,5)11-16/h14-18,22H,6-13H2,1-5H3/t14-,15-,16+,17-,18+,20+/m0/s1. The van der Waals surface area contributed by atoms with Gasteiger partial charge in [0.05, 0.1) is 18.8 Å². The minimum atomic E-state index is -0.364. The summed E-state index contributed by atoms with van der Waals surface area (Å²) in [4.78, 5) is 2.48. The van der Waals surface area contributed by atoms with Crippen LogP contribution in [0.4, 0.5) is 0 Å². The predicted octanol–water partition coefficient (Wildman–Crippen LogP) is 3.84. The Morgan fingerprint density at radius 1 is 1.13 bits per heavy atom. The van der Waals surface area contributed by atoms with Crippen molar-refractivity contribution in [2.24, 2.45) is 16.7 Å². The first-order valence-corrected chi connectivity index (χ1v) is 9.79. The molecule has 3 fully saturated rings. The SMILES string of the molecule is C[C@H]1CCC[C@H](C)N1C[C@H](O)CO[C@@H]1C(C)(C)[C@@H]2CC[C@]1(C)C2. The van der Waals surface area contributed by atoms with Gasteiger partial charge in [-0.3, -0.25) is 4.90 Å². The number of nitrogens with zero attached hydrogens (tertiary/aromatic N) is 1. The number of piperidine rings is 1. The van der Waals surface area contributed by atoms with Crippen molar-refractivity contribution in [3.63, 3.8) is 0 Å². The average Bonchev–Trinajstić information content (AvgIpc) is 2.94. The van der Waals surface area contributed by atoms with Crippen LogP contribution in [-0.4, -0.2) is 47.4 Å². The Kier molecular flexibility index (Phi) is 4.85. The minimum Gasteiger partial charge on any atom is -0.389 e. The van der Waals surface area contributed by atoms with Crippen molar-refractivity contribution in [2.75, 3.05) is 13.2 Å². The van der Waals surface area contributed by atoms with Crippen LogP contribution in [-0.2, 0) is 4.74 Å². The fraction of sp³-hybridized carbons (Fsp3) is 1.00. The molecule has 0 spiro atoms. The maximum atomic E-state index is 10.6. The van der Waals surface area contributed by atoms with Gasteiger partial charge in [-0.15, -0.1) is 0 Å². The van der Waals surface area contributed by atoms with Crippen molar-refractivity contribution < 1.29 is 9.84 Å². The van der Waals surface area contributed by atoms with Gasteiger partial charge < -0.3 is 9.84 Å². The smallest absolute Gasteiger partial charge is 0.0900 e. The van der Waals surface area contributed by atoms with Crippen LogP contribution in [0.25, 0.3) is 0 Å². The van der Waals surface area contributed by atoms with Gasteiger partial charge >= 0.3 is 0 Å². The van der Waals surface area contributed by atoms with Gasteiger partial charge in [0.2, 0.25) is 0 Å². The summed E-state index contributed by atoms with van der Waals surface area (Å²) < 4.78 is 6.35. The number of aliphatic hydroxyl groups excluding tert-OH is 1. The fourth-order valence-corrected chi connectivity index (χ4v) is 6.01. The molecule has 134 valence electrons. The van der Waals surface area contributed by atoms with Gasteiger partial charge in [0, 0.05) is 18.6 Å². The highest BCUT2D eigenvalue weighted by atomic mass is 16.5. The molecule has 1 heterocycles. The quantitative estimate of drug-likeness (QED) is 0.834. The molecule has 0 unspecified atom stereocenters. The number of rotatable bonds is 5. The molecule has 6 atom stereocenters. The zero-order chi connectivity index (χ0) is 16.8. The molecule has 1 aliphatic heterocycles. The lowest BCUT2D eigenvalue weighted by Crippen LogP contribution is -2.49. The zero-order valence-electron chi connectivity index (χ0n) is 15.8. The number of fused-ring (bicyclic) bond motifs is 2. The first-order valence-electron chi connectivity index (χ1n) is 9.79. The maximum Gasteiger partial charge on any atom is 0.0900 e. The monoisotopic (exact) mass is 323 g/mol. The Hall–Kier alpha value is -0.120. The molecule has 3 rings (SSSR count). The Bertz CT molecular complexity index is 409. The lowest BCUT2D eigenvalue weighted by atomic mass is 9.70. The van der Waals surface area contributed by atoms with E-state index in [0.29, 0.717) is 30.2 Å². The normalized spacial score (nSPS) is 44.6. The summed E-state index contributed by atoms with van der Waals surface area (Å²) in [6.45, 7) is 13.0. The van der Waals surface area contributed by atoms with E-state index in [1.807, 2.05) is 0 Å². The molecule has 0 aromatic heterocycles. The Morgan fingerprint density at radius 3 is 2.35 bits per heavy atom. The molecule has 2 aliphatic carbocycles. The minimum absolute atomic E-state index is 0.262. The van der Waals surface area contributed by atoms with Crippen LogP contribution in [0.5, 0.6) is 0 Å². The van der Waals surface area contributed by atoms with Crippen molar-refractivity contribution >= 4 is 0 Å². The number of likely N-dealkylation sites (tertiary alicyclic amines) is 1. The van der Waals surface area contributed by atoms with Crippen LogP contribution in [0.2, 0.25) is 0 Å². The van der Waals surface area contributed by atoms with E-state index < -0.39 is 0 Å². The van der Waals surface area contributed by atoms with Gasteiger partial charge in [0.15, 0.2) is 0 Å². The second kappa shape index (κ2) is 6.31. The third-order valence-electron chi connectivity index (χ3n) is 7.39. The van der Waals surface area contributed by atoms with Crippen LogP contribution in [0, 0.1) is 16.7 Å². The average molecular weight is 324 g/mol. The first-order chi connectivity index (χ1) is 10.7. The van der Waals surface area contributed by atoms with Gasteiger partial charge in [0.1, 0.15) is 0 Å². The van der Waals surface area contributed by atoms with Crippen LogP contribution in [0.1, 0.15) is 73.1 Å². The predicted molar refractivity (Wildman–Crippen MR) is 94.5 cm³/mol. The van der Waals surface area contributed by atoms with Crippen LogP contribution in [0.3, 0.4) is 0 Å². The third kappa shape index (κ3) is 3.21. The highest BCUT2D eigenvalue weighted by molar-refractivity contribution is 5.09. The molecule has 1 saturated heterocycles. The summed E-state index contributed by atoms with van der Waals surface area (Å²) in [6, 6.07) is 1.18. The van der Waals surface area contributed by atoms with Gasteiger partial charge in [0.25, 0.3) is 0 Å². The van der Waals surface area contributed by atoms with E-state index in [9.17, 15) is 5.11 Å². The van der Waals surface area contributed by atoms with E-state index in [4.69, 9.17) is 4.74 Å². The molecule has 0 radical (unpaired) electrons. The number of β-amino-alcohol motifs (C(OH)–C–C–N with tert-alkyl or cyclic N) is 1. The van der Waals surface area contributed by atoms with Crippen molar-refractivity contribution in [2.45, 2.75) is 97.4 Å². The molecule has 3 nitrogen and oxygen atoms in total. The maximum absolute atomic E-state index is 10.6. The van der Waals surface area contributed by atoms with Crippen LogP contribution >= 0.6 is 0 Å². The third-order valence-corrected chi connectivity index (χ3v) is 7.39. The lowest BCUT2D eigenvalue weighted by molar-refractivity contribution is -0.116. The van der Waals surface area contributed by atoms with Gasteiger partial charge in [-0.2, -0.15) is 0 Å². The van der Waals surface area contributed by atoms with Crippen LogP contribution < -0.4 is 0 Å². The van der Waals surface area contributed by atoms with Crippen molar-refractivity contribution in [1.29, 1.82) is 0 Å². The second-order valence-corrected chi connectivity index (χ2v) is 9.61. The van der Waals surface area contributed by atoms with E-state index in [-0.39, 0.29) is 11.5 Å². The summed E-state index contributed by atoms with van der Waals surface area (Å²) in [6.07, 6.45) is 7.73. The van der Waals surface area contributed by atoms with E-state index in [2.05, 4.69) is 39.5 Å². The molecule has 2 saturated carbocycles. The largest absolute Gasteiger partial charge is 0.389 e. The molecule has 1 N–H and O–H groups in total. The number of aliphatic hydroxyl groups is 1. The summed E-state index contributed by atoms with van der Waals surface area (Å²) in [5.74, 6) is 0.803. The Labute approximate surface area is 142 Å². The number of ether oxygens (including phenoxy) is 1. The lowest BCUT2D eigenvalue weighted by Gasteiger charge is -2.43. The summed E-state index contributed by atoms with van der Waals surface area (Å²) in [5.41, 5.74) is 0.595. The van der Waals surface area contributed by atoms with Gasteiger partial charge in [-0.05, 0) is 62.7 Å². The molecule has 0 amide bonds. The highest BCUT2D eigenvalue weighted by Crippen LogP contribution is 2.63. The molecule has 0 aromatic rings. The molecular formula is C20H37NO2. The van der Waals surface area contributed by atoms with E-state index in [1.165, 1.54) is 38.5 Å². The molecule has 2 bridgehead atoms. The molecule has 3 heteroatoms. The van der Waals surface area contributed by atoms with Gasteiger partial charge in [-0.25, -0.2) is 0 Å².